The summed E-state index contributed by atoms with van der Waals surface area (Å²) in [5.74, 6) is 1.38. The molecular formula is C17H27NO2S. The highest BCUT2D eigenvalue weighted by Gasteiger charge is 2.24. The molecule has 1 aliphatic rings. The van der Waals surface area contributed by atoms with Crippen molar-refractivity contribution in [3.8, 4) is 5.75 Å². The van der Waals surface area contributed by atoms with E-state index >= 15 is 0 Å². The summed E-state index contributed by atoms with van der Waals surface area (Å²) in [6, 6.07) is 6.42. The third kappa shape index (κ3) is 4.63. The van der Waals surface area contributed by atoms with Crippen LogP contribution in [0.25, 0.3) is 0 Å². The van der Waals surface area contributed by atoms with Gasteiger partial charge in [0.05, 0.1) is 13.2 Å². The Kier molecular flexibility index (Phi) is 6.40. The lowest BCUT2D eigenvalue weighted by molar-refractivity contribution is 0.0501. The number of hydrogen-bond acceptors (Lipinski definition) is 4. The maximum Gasteiger partial charge on any atom is 0.132 e. The molecule has 1 N–H and O–H groups in total. The molecule has 21 heavy (non-hydrogen) atoms. The van der Waals surface area contributed by atoms with Gasteiger partial charge in [0.15, 0.2) is 0 Å². The Bertz CT molecular complexity index is 452. The van der Waals surface area contributed by atoms with Crippen molar-refractivity contribution in [1.82, 2.24) is 4.90 Å². The maximum absolute atomic E-state index is 10.1. The number of aliphatic hydroxyl groups is 1. The van der Waals surface area contributed by atoms with Crippen molar-refractivity contribution >= 4 is 11.8 Å². The van der Waals surface area contributed by atoms with E-state index in [1.54, 1.807) is 18.9 Å². The second-order valence-electron chi connectivity index (χ2n) is 6.00. The topological polar surface area (TPSA) is 32.7 Å². The fourth-order valence-corrected chi connectivity index (χ4v) is 3.70. The van der Waals surface area contributed by atoms with E-state index in [-0.39, 0.29) is 6.10 Å². The quantitative estimate of drug-likeness (QED) is 0.816. The second-order valence-corrected chi connectivity index (χ2v) is 6.85. The van der Waals surface area contributed by atoms with Gasteiger partial charge in [-0.25, -0.2) is 0 Å². The SMILES string of the molecule is COc1cc(CN(C)CC2CCCCC2O)ccc1SC. The van der Waals surface area contributed by atoms with Crippen molar-refractivity contribution in [2.75, 3.05) is 27.0 Å². The normalized spacial score (nSPS) is 22.5. The van der Waals surface area contributed by atoms with Crippen LogP contribution in [0.3, 0.4) is 0 Å². The summed E-state index contributed by atoms with van der Waals surface area (Å²) in [5.41, 5.74) is 1.26. The Hall–Kier alpha value is -0.710. The molecule has 0 saturated heterocycles. The van der Waals surface area contributed by atoms with Crippen LogP contribution in [0.5, 0.6) is 5.75 Å². The van der Waals surface area contributed by atoms with Crippen molar-refractivity contribution in [1.29, 1.82) is 0 Å². The molecule has 0 aromatic heterocycles. The van der Waals surface area contributed by atoms with Crippen LogP contribution in [0.4, 0.5) is 0 Å². The van der Waals surface area contributed by atoms with Crippen LogP contribution in [-0.4, -0.2) is 43.1 Å². The number of nitrogens with zero attached hydrogens (tertiary/aromatic N) is 1. The van der Waals surface area contributed by atoms with Gasteiger partial charge in [-0.15, -0.1) is 11.8 Å². The molecule has 2 atom stereocenters. The van der Waals surface area contributed by atoms with E-state index in [9.17, 15) is 5.11 Å². The van der Waals surface area contributed by atoms with E-state index in [4.69, 9.17) is 4.74 Å². The highest BCUT2D eigenvalue weighted by atomic mass is 32.2. The first kappa shape index (κ1) is 16.7. The first-order valence-electron chi connectivity index (χ1n) is 7.71. The van der Waals surface area contributed by atoms with Crippen LogP contribution in [0.15, 0.2) is 23.1 Å². The number of methoxy groups -OCH3 is 1. The van der Waals surface area contributed by atoms with Gasteiger partial charge in [-0.2, -0.15) is 0 Å². The Morgan fingerprint density at radius 3 is 2.76 bits per heavy atom. The number of rotatable bonds is 6. The molecule has 1 fully saturated rings. The van der Waals surface area contributed by atoms with Crippen molar-refractivity contribution < 1.29 is 9.84 Å². The highest BCUT2D eigenvalue weighted by molar-refractivity contribution is 7.98. The Morgan fingerprint density at radius 1 is 1.33 bits per heavy atom. The molecule has 2 unspecified atom stereocenters. The Labute approximate surface area is 132 Å². The smallest absolute Gasteiger partial charge is 0.132 e. The monoisotopic (exact) mass is 309 g/mol. The molecule has 1 aromatic carbocycles. The highest BCUT2D eigenvalue weighted by Crippen LogP contribution is 2.29. The number of aliphatic hydroxyl groups excluding tert-OH is 1. The van der Waals surface area contributed by atoms with Crippen LogP contribution in [0, 0.1) is 5.92 Å². The van der Waals surface area contributed by atoms with Gasteiger partial charge in [0.25, 0.3) is 0 Å². The fraction of sp³-hybridized carbons (Fsp3) is 0.647. The molecule has 3 nitrogen and oxygen atoms in total. The number of ether oxygens (including phenoxy) is 1. The molecule has 2 rings (SSSR count). The summed E-state index contributed by atoms with van der Waals surface area (Å²) in [5, 5.41) is 10.1. The van der Waals surface area contributed by atoms with E-state index in [2.05, 4.69) is 36.4 Å². The zero-order valence-electron chi connectivity index (χ0n) is 13.3. The molecule has 0 aliphatic heterocycles. The molecule has 1 aliphatic carbocycles. The van der Waals surface area contributed by atoms with Crippen LogP contribution in [0.1, 0.15) is 31.2 Å². The van der Waals surface area contributed by atoms with Crippen molar-refractivity contribution in [2.24, 2.45) is 5.92 Å². The third-order valence-corrected chi connectivity index (χ3v) is 5.09. The largest absolute Gasteiger partial charge is 0.496 e. The lowest BCUT2D eigenvalue weighted by Crippen LogP contribution is -2.34. The van der Waals surface area contributed by atoms with Gasteiger partial charge in [0.2, 0.25) is 0 Å². The summed E-state index contributed by atoms with van der Waals surface area (Å²) in [7, 11) is 3.86. The predicted octanol–water partition coefficient (Wildman–Crippen LogP) is 3.40. The standard InChI is InChI=1S/C17H27NO2S/c1-18(12-14-6-4-5-7-15(14)19)11-13-8-9-17(21-3)16(10-13)20-2/h8-10,14-15,19H,4-7,11-12H2,1-3H3. The Morgan fingerprint density at radius 2 is 2.10 bits per heavy atom. The van der Waals surface area contributed by atoms with E-state index in [0.29, 0.717) is 5.92 Å². The zero-order valence-corrected chi connectivity index (χ0v) is 14.2. The van der Waals surface area contributed by atoms with Crippen LogP contribution >= 0.6 is 11.8 Å². The molecule has 0 spiro atoms. The van der Waals surface area contributed by atoms with Gasteiger partial charge >= 0.3 is 0 Å². The molecule has 118 valence electrons. The number of hydrogen-bond donors (Lipinski definition) is 1. The Balaban J connectivity index is 1.94. The van der Waals surface area contributed by atoms with Crippen LogP contribution in [-0.2, 0) is 6.54 Å². The maximum atomic E-state index is 10.1. The fourth-order valence-electron chi connectivity index (χ4n) is 3.16. The second kappa shape index (κ2) is 8.06. The van der Waals surface area contributed by atoms with E-state index in [1.165, 1.54) is 23.3 Å². The van der Waals surface area contributed by atoms with Gasteiger partial charge in [-0.05, 0) is 49.8 Å². The molecule has 4 heteroatoms. The van der Waals surface area contributed by atoms with Gasteiger partial charge in [-0.3, -0.25) is 0 Å². The summed E-state index contributed by atoms with van der Waals surface area (Å²) >= 11 is 1.70. The first-order valence-corrected chi connectivity index (χ1v) is 8.94. The summed E-state index contributed by atoms with van der Waals surface area (Å²) in [6.07, 6.45) is 6.50. The molecule has 0 radical (unpaired) electrons. The average Bonchev–Trinajstić information content (AvgIpc) is 2.49. The van der Waals surface area contributed by atoms with Crippen molar-refractivity contribution in [3.05, 3.63) is 23.8 Å². The summed E-state index contributed by atoms with van der Waals surface area (Å²) in [4.78, 5) is 3.49. The minimum absolute atomic E-state index is 0.116. The van der Waals surface area contributed by atoms with E-state index < -0.39 is 0 Å². The van der Waals surface area contributed by atoms with Gasteiger partial charge in [-0.1, -0.05) is 18.9 Å². The summed E-state index contributed by atoms with van der Waals surface area (Å²) < 4.78 is 5.45. The van der Waals surface area contributed by atoms with Gasteiger partial charge in [0.1, 0.15) is 5.75 Å². The van der Waals surface area contributed by atoms with E-state index in [1.807, 2.05) is 0 Å². The minimum atomic E-state index is -0.116. The zero-order chi connectivity index (χ0) is 15.2. The van der Waals surface area contributed by atoms with Gasteiger partial charge in [0, 0.05) is 18.0 Å². The molecule has 1 aromatic rings. The first-order chi connectivity index (χ1) is 10.1. The molecule has 0 heterocycles. The third-order valence-electron chi connectivity index (χ3n) is 4.32. The molecule has 0 amide bonds. The predicted molar refractivity (Wildman–Crippen MR) is 89.1 cm³/mol. The molecule has 1 saturated carbocycles. The number of benzene rings is 1. The lowest BCUT2D eigenvalue weighted by atomic mass is 9.86. The van der Waals surface area contributed by atoms with Crippen molar-refractivity contribution in [2.45, 2.75) is 43.2 Å². The molecule has 0 bridgehead atoms. The number of thioether (sulfide) groups is 1. The van der Waals surface area contributed by atoms with Crippen LogP contribution < -0.4 is 4.74 Å². The average molecular weight is 309 g/mol. The van der Waals surface area contributed by atoms with Crippen molar-refractivity contribution in [3.63, 3.8) is 0 Å². The minimum Gasteiger partial charge on any atom is -0.496 e. The molecular weight excluding hydrogens is 282 g/mol. The lowest BCUT2D eigenvalue weighted by Gasteiger charge is -2.31. The van der Waals surface area contributed by atoms with Crippen LogP contribution in [0.2, 0.25) is 0 Å². The summed E-state index contributed by atoms with van der Waals surface area (Å²) in [6.45, 7) is 1.86. The van der Waals surface area contributed by atoms with Gasteiger partial charge < -0.3 is 14.7 Å². The van der Waals surface area contributed by atoms with E-state index in [0.717, 1.165) is 31.7 Å².